The Bertz CT molecular complexity index is 395. The Balaban J connectivity index is 2.32. The first kappa shape index (κ1) is 15.3. The lowest BCUT2D eigenvalue weighted by atomic mass is 10.2. The van der Waals surface area contributed by atoms with Crippen LogP contribution in [0.1, 0.15) is 5.56 Å². The van der Waals surface area contributed by atoms with Crippen molar-refractivity contribution in [2.75, 3.05) is 13.2 Å². The molecular weight excluding hydrogens is 263 g/mol. The van der Waals surface area contributed by atoms with E-state index >= 15 is 0 Å². The van der Waals surface area contributed by atoms with Gasteiger partial charge in [-0.1, -0.05) is 30.3 Å². The van der Waals surface area contributed by atoms with Crippen LogP contribution in [0.2, 0.25) is 0 Å². The maximum Gasteiger partial charge on any atom is 0.407 e. The first-order valence-electron chi connectivity index (χ1n) is 5.55. The minimum Gasteiger partial charge on any atom is -0.449 e. The number of amides is 1. The van der Waals surface area contributed by atoms with E-state index in [4.69, 9.17) is 5.11 Å². The highest BCUT2D eigenvalue weighted by Crippen LogP contribution is 2.25. The van der Waals surface area contributed by atoms with Crippen LogP contribution < -0.4 is 5.32 Å². The number of hydrogen-bond acceptors (Lipinski definition) is 3. The number of aliphatic hydroxyl groups is 1. The SMILES string of the molecule is O=C(NCc1ccccc1)OC[C@H](CO)C(F)(F)F. The molecule has 0 heterocycles. The standard InChI is InChI=1S/C12H14F3NO3/c13-12(14,15)10(7-17)8-19-11(18)16-6-9-4-2-1-3-5-9/h1-5,10,17H,6-8H2,(H,16,18)/t10-/m0/s1. The maximum absolute atomic E-state index is 12.2. The van der Waals surface area contributed by atoms with Gasteiger partial charge < -0.3 is 15.2 Å². The van der Waals surface area contributed by atoms with Crippen LogP contribution in [0.25, 0.3) is 0 Å². The van der Waals surface area contributed by atoms with E-state index in [1.165, 1.54) is 0 Å². The molecular formula is C12H14F3NO3. The number of aliphatic hydroxyl groups excluding tert-OH is 1. The van der Waals surface area contributed by atoms with Crippen LogP contribution in [0.3, 0.4) is 0 Å². The van der Waals surface area contributed by atoms with Gasteiger partial charge in [-0.15, -0.1) is 0 Å². The molecule has 1 atom stereocenters. The van der Waals surface area contributed by atoms with Crippen molar-refractivity contribution in [1.29, 1.82) is 0 Å². The third kappa shape index (κ3) is 5.60. The molecule has 0 unspecified atom stereocenters. The topological polar surface area (TPSA) is 58.6 Å². The molecule has 7 heteroatoms. The maximum atomic E-state index is 12.2. The Kier molecular flexibility index (Phi) is 5.62. The summed E-state index contributed by atoms with van der Waals surface area (Å²) < 4.78 is 41.2. The summed E-state index contributed by atoms with van der Waals surface area (Å²) in [5.74, 6) is -2.06. The first-order chi connectivity index (χ1) is 8.93. The lowest BCUT2D eigenvalue weighted by Gasteiger charge is -2.17. The molecule has 0 aliphatic carbocycles. The Labute approximate surface area is 108 Å². The van der Waals surface area contributed by atoms with Crippen LogP contribution in [0.5, 0.6) is 0 Å². The van der Waals surface area contributed by atoms with Crippen LogP contribution >= 0.6 is 0 Å². The average molecular weight is 277 g/mol. The van der Waals surface area contributed by atoms with Crippen molar-refractivity contribution in [3.05, 3.63) is 35.9 Å². The number of halogens is 3. The van der Waals surface area contributed by atoms with Crippen molar-refractivity contribution in [2.24, 2.45) is 5.92 Å². The molecule has 0 saturated carbocycles. The number of carbonyl (C=O) groups is 1. The highest BCUT2D eigenvalue weighted by molar-refractivity contribution is 5.67. The predicted molar refractivity (Wildman–Crippen MR) is 61.3 cm³/mol. The molecule has 0 aliphatic heterocycles. The minimum absolute atomic E-state index is 0.162. The Hall–Kier alpha value is -1.76. The second kappa shape index (κ2) is 6.98. The quantitative estimate of drug-likeness (QED) is 0.866. The van der Waals surface area contributed by atoms with Gasteiger partial charge in [-0.2, -0.15) is 13.2 Å². The molecule has 1 aromatic rings. The van der Waals surface area contributed by atoms with E-state index in [-0.39, 0.29) is 6.54 Å². The van der Waals surface area contributed by atoms with Gasteiger partial charge in [0.15, 0.2) is 0 Å². The molecule has 0 aliphatic rings. The largest absolute Gasteiger partial charge is 0.449 e. The number of hydrogen-bond donors (Lipinski definition) is 2. The lowest BCUT2D eigenvalue weighted by Crippen LogP contribution is -2.34. The van der Waals surface area contributed by atoms with Crippen molar-refractivity contribution < 1.29 is 27.8 Å². The highest BCUT2D eigenvalue weighted by atomic mass is 19.4. The highest BCUT2D eigenvalue weighted by Gasteiger charge is 2.40. The fourth-order valence-corrected chi connectivity index (χ4v) is 1.25. The molecule has 0 saturated heterocycles. The summed E-state index contributed by atoms with van der Waals surface area (Å²) in [7, 11) is 0. The lowest BCUT2D eigenvalue weighted by molar-refractivity contribution is -0.192. The van der Waals surface area contributed by atoms with Gasteiger partial charge in [0.1, 0.15) is 12.5 Å². The molecule has 1 aromatic carbocycles. The van der Waals surface area contributed by atoms with Gasteiger partial charge in [-0.25, -0.2) is 4.79 Å². The van der Waals surface area contributed by atoms with Gasteiger partial charge in [-0.3, -0.25) is 0 Å². The normalized spacial score (nSPS) is 12.8. The fourth-order valence-electron chi connectivity index (χ4n) is 1.25. The molecule has 19 heavy (non-hydrogen) atoms. The average Bonchev–Trinajstić information content (AvgIpc) is 2.36. The minimum atomic E-state index is -4.59. The molecule has 0 aromatic heterocycles. The Morgan fingerprint density at radius 1 is 1.32 bits per heavy atom. The van der Waals surface area contributed by atoms with Gasteiger partial charge in [0.25, 0.3) is 0 Å². The van der Waals surface area contributed by atoms with Crippen molar-refractivity contribution >= 4 is 6.09 Å². The van der Waals surface area contributed by atoms with E-state index in [9.17, 15) is 18.0 Å². The number of nitrogens with one attached hydrogen (secondary N) is 1. The molecule has 1 rings (SSSR count). The molecule has 106 valence electrons. The number of rotatable bonds is 5. The second-order valence-corrected chi connectivity index (χ2v) is 3.86. The summed E-state index contributed by atoms with van der Waals surface area (Å²) in [4.78, 5) is 11.2. The van der Waals surface area contributed by atoms with Crippen molar-refractivity contribution in [3.8, 4) is 0 Å². The number of alkyl halides is 3. The van der Waals surface area contributed by atoms with Gasteiger partial charge in [-0.05, 0) is 5.56 Å². The van der Waals surface area contributed by atoms with E-state index < -0.39 is 31.4 Å². The Morgan fingerprint density at radius 2 is 1.95 bits per heavy atom. The second-order valence-electron chi connectivity index (χ2n) is 3.86. The van der Waals surface area contributed by atoms with Crippen LogP contribution in [0.4, 0.5) is 18.0 Å². The molecule has 0 fully saturated rings. The summed E-state index contributed by atoms with van der Waals surface area (Å²) >= 11 is 0. The van der Waals surface area contributed by atoms with Crippen LogP contribution in [-0.2, 0) is 11.3 Å². The van der Waals surface area contributed by atoms with E-state index in [0.29, 0.717) is 0 Å². The molecule has 4 nitrogen and oxygen atoms in total. The molecule has 0 bridgehead atoms. The third-order valence-electron chi connectivity index (χ3n) is 2.38. The monoisotopic (exact) mass is 277 g/mol. The zero-order valence-electron chi connectivity index (χ0n) is 9.98. The van der Waals surface area contributed by atoms with Crippen molar-refractivity contribution in [1.82, 2.24) is 5.32 Å². The first-order valence-corrected chi connectivity index (χ1v) is 5.55. The molecule has 1 amide bonds. The fraction of sp³-hybridized carbons (Fsp3) is 0.417. The van der Waals surface area contributed by atoms with E-state index in [0.717, 1.165) is 5.56 Å². The number of benzene rings is 1. The summed E-state index contributed by atoms with van der Waals surface area (Å²) in [5.41, 5.74) is 0.800. The smallest absolute Gasteiger partial charge is 0.407 e. The van der Waals surface area contributed by atoms with Gasteiger partial charge in [0.05, 0.1) is 6.61 Å². The molecule has 0 spiro atoms. The molecule has 2 N–H and O–H groups in total. The van der Waals surface area contributed by atoms with Crippen LogP contribution in [0, 0.1) is 5.92 Å². The zero-order valence-corrected chi connectivity index (χ0v) is 9.98. The zero-order chi connectivity index (χ0) is 14.3. The van der Waals surface area contributed by atoms with E-state index in [1.54, 1.807) is 30.3 Å². The van der Waals surface area contributed by atoms with Crippen LogP contribution in [-0.4, -0.2) is 30.6 Å². The Morgan fingerprint density at radius 3 is 2.47 bits per heavy atom. The molecule has 0 radical (unpaired) electrons. The number of carbonyl (C=O) groups excluding carboxylic acids is 1. The summed E-state index contributed by atoms with van der Waals surface area (Å²) in [5, 5.41) is 10.9. The van der Waals surface area contributed by atoms with Gasteiger partial charge in [0, 0.05) is 6.54 Å². The number of alkyl carbamates (subject to hydrolysis) is 1. The van der Waals surface area contributed by atoms with Gasteiger partial charge >= 0.3 is 12.3 Å². The summed E-state index contributed by atoms with van der Waals surface area (Å²) in [6, 6.07) is 8.86. The predicted octanol–water partition coefficient (Wildman–Crippen LogP) is 2.08. The number of ether oxygens (including phenoxy) is 1. The van der Waals surface area contributed by atoms with E-state index in [1.807, 2.05) is 0 Å². The van der Waals surface area contributed by atoms with E-state index in [2.05, 4.69) is 10.1 Å². The summed E-state index contributed by atoms with van der Waals surface area (Å²) in [6.07, 6.45) is -5.54. The van der Waals surface area contributed by atoms with Crippen molar-refractivity contribution in [3.63, 3.8) is 0 Å². The van der Waals surface area contributed by atoms with Crippen LogP contribution in [0.15, 0.2) is 30.3 Å². The van der Waals surface area contributed by atoms with Crippen molar-refractivity contribution in [2.45, 2.75) is 12.7 Å². The summed E-state index contributed by atoms with van der Waals surface area (Å²) in [6.45, 7) is -1.86. The third-order valence-corrected chi connectivity index (χ3v) is 2.38. The van der Waals surface area contributed by atoms with Gasteiger partial charge in [0.2, 0.25) is 0 Å².